The first kappa shape index (κ1) is 28.1. The molecule has 10 rings (SSSR count). The van der Waals surface area contributed by atoms with Gasteiger partial charge in [0.1, 0.15) is 11.2 Å². The van der Waals surface area contributed by atoms with Crippen LogP contribution in [0.4, 0.5) is 0 Å². The molecule has 0 aliphatic rings. The Morgan fingerprint density at radius 1 is 0.340 bits per heavy atom. The number of phenolic OH excluding ortho intramolecular Hbond substituents is 5. The summed E-state index contributed by atoms with van der Waals surface area (Å²) in [7, 11) is 0. The molecule has 0 unspecified atom stereocenters. The summed E-state index contributed by atoms with van der Waals surface area (Å²) in [6.45, 7) is 0. The zero-order chi connectivity index (χ0) is 33.8. The highest BCUT2D eigenvalue weighted by atomic mass is 16.4. The van der Waals surface area contributed by atoms with Gasteiger partial charge in [-0.3, -0.25) is 0 Å². The van der Waals surface area contributed by atoms with Gasteiger partial charge in [0.15, 0.2) is 11.5 Å². The number of hydrogen-bond donors (Lipinski definition) is 5. The molecule has 0 fully saturated rings. The van der Waals surface area contributed by atoms with Crippen LogP contribution in [-0.4, -0.2) is 25.5 Å². The van der Waals surface area contributed by atoms with Crippen molar-refractivity contribution in [3.05, 3.63) is 127 Å². The van der Waals surface area contributed by atoms with Crippen LogP contribution < -0.4 is 0 Å². The number of furan rings is 1. The molecule has 9 aromatic carbocycles. The fourth-order valence-electron chi connectivity index (χ4n) is 7.89. The summed E-state index contributed by atoms with van der Waals surface area (Å²) in [6.07, 6.45) is 0. The molecule has 6 heteroatoms. The largest absolute Gasteiger partial charge is 0.504 e. The maximum absolute atomic E-state index is 10.9. The normalized spacial score (nSPS) is 12.0. The van der Waals surface area contributed by atoms with Gasteiger partial charge in [-0.05, 0) is 89.1 Å². The van der Waals surface area contributed by atoms with Crippen molar-refractivity contribution in [1.82, 2.24) is 0 Å². The third-order valence-corrected chi connectivity index (χ3v) is 10.2. The van der Waals surface area contributed by atoms with Gasteiger partial charge in [-0.1, -0.05) is 109 Å². The van der Waals surface area contributed by atoms with Crippen LogP contribution in [0.25, 0.3) is 98.4 Å². The number of fused-ring (bicyclic) bond motifs is 4. The Bertz CT molecular complexity index is 3010. The smallest absolute Gasteiger partial charge is 0.208 e. The van der Waals surface area contributed by atoms with Gasteiger partial charge in [0.05, 0.1) is 5.56 Å². The Kier molecular flexibility index (Phi) is 5.65. The highest BCUT2D eigenvalue weighted by Crippen LogP contribution is 2.56. The molecule has 1 aromatic heterocycles. The van der Waals surface area contributed by atoms with Crippen LogP contribution >= 0.6 is 0 Å². The monoisotopic (exact) mass is 650 g/mol. The van der Waals surface area contributed by atoms with Gasteiger partial charge in [0.2, 0.25) is 17.2 Å². The van der Waals surface area contributed by atoms with E-state index < -0.39 is 28.7 Å². The highest BCUT2D eigenvalue weighted by molar-refractivity contribution is 6.29. The second-order valence-corrected chi connectivity index (χ2v) is 12.8. The Morgan fingerprint density at radius 3 is 1.66 bits per heavy atom. The van der Waals surface area contributed by atoms with Crippen molar-refractivity contribution < 1.29 is 29.9 Å². The van der Waals surface area contributed by atoms with Crippen molar-refractivity contribution >= 4 is 65.0 Å². The quantitative estimate of drug-likeness (QED) is 0.0738. The minimum absolute atomic E-state index is 0.176. The number of rotatable bonds is 3. The van der Waals surface area contributed by atoms with Crippen LogP contribution in [0.15, 0.2) is 132 Å². The average Bonchev–Trinajstić information content (AvgIpc) is 3.54. The maximum atomic E-state index is 10.9. The van der Waals surface area contributed by atoms with Gasteiger partial charge in [0, 0.05) is 10.8 Å². The van der Waals surface area contributed by atoms with Crippen molar-refractivity contribution in [3.8, 4) is 62.1 Å². The van der Waals surface area contributed by atoms with Crippen molar-refractivity contribution in [2.75, 3.05) is 0 Å². The van der Waals surface area contributed by atoms with E-state index >= 15 is 0 Å². The van der Waals surface area contributed by atoms with E-state index in [1.807, 2.05) is 42.5 Å². The first-order chi connectivity index (χ1) is 24.4. The SMILES string of the molecule is Oc1c(O)c(O)c(-c2ccc3ccc4c(-c5cc(-c6cccc7ccccc67)cc6oc7ccccc7c56)ccc5ccc2c3c54)c(O)c1O. The lowest BCUT2D eigenvalue weighted by molar-refractivity contribution is 0.330. The number of phenols is 5. The lowest BCUT2D eigenvalue weighted by Crippen LogP contribution is -1.91. The van der Waals surface area contributed by atoms with Crippen molar-refractivity contribution in [2.45, 2.75) is 0 Å². The first-order valence-corrected chi connectivity index (χ1v) is 16.2. The van der Waals surface area contributed by atoms with Gasteiger partial charge in [-0.15, -0.1) is 0 Å². The van der Waals surface area contributed by atoms with Crippen LogP contribution in [0.1, 0.15) is 0 Å². The molecule has 0 saturated carbocycles. The molecule has 0 spiro atoms. The van der Waals surface area contributed by atoms with E-state index in [0.717, 1.165) is 81.9 Å². The Morgan fingerprint density at radius 2 is 0.920 bits per heavy atom. The van der Waals surface area contributed by atoms with Crippen LogP contribution in [0.5, 0.6) is 28.7 Å². The van der Waals surface area contributed by atoms with Crippen molar-refractivity contribution in [3.63, 3.8) is 0 Å². The molecule has 50 heavy (non-hydrogen) atoms. The molecule has 0 amide bonds. The Hall–Kier alpha value is -6.92. The fraction of sp³-hybridized carbons (Fsp3) is 0. The summed E-state index contributed by atoms with van der Waals surface area (Å²) in [5, 5.41) is 62.5. The zero-order valence-electron chi connectivity index (χ0n) is 26.3. The molecule has 10 aromatic rings. The van der Waals surface area contributed by atoms with E-state index in [9.17, 15) is 25.5 Å². The highest BCUT2D eigenvalue weighted by Gasteiger charge is 2.26. The van der Waals surface area contributed by atoms with Gasteiger partial charge < -0.3 is 29.9 Å². The summed E-state index contributed by atoms with van der Waals surface area (Å²) in [5.41, 5.74) is 5.99. The van der Waals surface area contributed by atoms with Crippen LogP contribution in [0, 0.1) is 0 Å². The van der Waals surface area contributed by atoms with E-state index in [0.29, 0.717) is 10.9 Å². The molecule has 0 aliphatic heterocycles. The molecule has 0 bridgehead atoms. The topological polar surface area (TPSA) is 114 Å². The summed E-state index contributed by atoms with van der Waals surface area (Å²) in [5.74, 6) is -4.27. The molecule has 0 aliphatic carbocycles. The van der Waals surface area contributed by atoms with Crippen molar-refractivity contribution in [2.24, 2.45) is 0 Å². The van der Waals surface area contributed by atoms with Gasteiger partial charge in [-0.25, -0.2) is 0 Å². The van der Waals surface area contributed by atoms with Gasteiger partial charge >= 0.3 is 0 Å². The van der Waals surface area contributed by atoms with E-state index in [1.165, 1.54) is 0 Å². The van der Waals surface area contributed by atoms with E-state index in [-0.39, 0.29) is 5.56 Å². The molecular formula is C44H26O6. The molecule has 1 heterocycles. The Labute approximate surface area is 283 Å². The zero-order valence-corrected chi connectivity index (χ0v) is 26.3. The number of benzene rings is 9. The van der Waals surface area contributed by atoms with Crippen LogP contribution in [0.3, 0.4) is 0 Å². The lowest BCUT2D eigenvalue weighted by atomic mass is 9.85. The first-order valence-electron chi connectivity index (χ1n) is 16.2. The van der Waals surface area contributed by atoms with E-state index in [2.05, 4.69) is 78.9 Å². The van der Waals surface area contributed by atoms with Gasteiger partial charge in [-0.2, -0.15) is 0 Å². The third kappa shape index (κ3) is 3.73. The fourth-order valence-corrected chi connectivity index (χ4v) is 7.89. The number of aromatic hydroxyl groups is 5. The van der Waals surface area contributed by atoms with E-state index in [1.54, 1.807) is 6.07 Å². The second kappa shape index (κ2) is 10.0. The molecular weight excluding hydrogens is 624 g/mol. The maximum Gasteiger partial charge on any atom is 0.208 e. The molecule has 5 N–H and O–H groups in total. The lowest BCUT2D eigenvalue weighted by Gasteiger charge is -2.19. The third-order valence-electron chi connectivity index (χ3n) is 10.2. The summed E-state index contributed by atoms with van der Waals surface area (Å²) >= 11 is 0. The molecule has 238 valence electrons. The predicted molar refractivity (Wildman–Crippen MR) is 200 cm³/mol. The number of para-hydroxylation sites is 1. The van der Waals surface area contributed by atoms with Crippen molar-refractivity contribution in [1.29, 1.82) is 0 Å². The average molecular weight is 651 g/mol. The molecule has 6 nitrogen and oxygen atoms in total. The predicted octanol–water partition coefficient (Wildman–Crippen LogP) is 11.2. The van der Waals surface area contributed by atoms with Gasteiger partial charge in [0.25, 0.3) is 0 Å². The van der Waals surface area contributed by atoms with Crippen LogP contribution in [0.2, 0.25) is 0 Å². The summed E-state index contributed by atoms with van der Waals surface area (Å²) < 4.78 is 6.52. The standard InChI is InChI=1S/C44H26O6/c45-40-39(41(46)43(48)44(49)42(40)47)31-19-15-24-13-17-29-28(16-12-23-14-18-30(31)37(24)36(23)29)33-20-25(27-10-5-7-22-6-1-2-8-26(22)27)21-35-38(33)32-9-3-4-11-34(32)50-35/h1-21,45-49H. The second-order valence-electron chi connectivity index (χ2n) is 12.8. The summed E-state index contributed by atoms with van der Waals surface area (Å²) in [6, 6.07) is 43.1. The Balaban J connectivity index is 1.31. The number of hydrogen-bond acceptors (Lipinski definition) is 6. The summed E-state index contributed by atoms with van der Waals surface area (Å²) in [4.78, 5) is 0. The van der Waals surface area contributed by atoms with E-state index in [4.69, 9.17) is 4.42 Å². The minimum atomic E-state index is -0.991. The molecule has 0 atom stereocenters. The molecule has 0 saturated heterocycles. The van der Waals surface area contributed by atoms with Crippen LogP contribution in [-0.2, 0) is 0 Å². The minimum Gasteiger partial charge on any atom is -0.504 e. The molecule has 0 radical (unpaired) electrons.